The van der Waals surface area contributed by atoms with Gasteiger partial charge in [0.25, 0.3) is 0 Å². The number of alkyl halides is 2. The van der Waals surface area contributed by atoms with Crippen molar-refractivity contribution >= 4 is 86.5 Å². The molecule has 0 radical (unpaired) electrons. The van der Waals surface area contributed by atoms with E-state index in [-0.39, 0.29) is 24.8 Å². The zero-order valence-corrected chi connectivity index (χ0v) is 43.8. The van der Waals surface area contributed by atoms with Crippen molar-refractivity contribution < 1.29 is 69.8 Å². The van der Waals surface area contributed by atoms with Gasteiger partial charge in [-0.25, -0.2) is 4.98 Å². The molecule has 8 rings (SSSR count). The Balaban J connectivity index is 0.000000371. The monoisotopic (exact) mass is 1200 g/mol. The molecule has 0 unspecified atom stereocenters. The van der Waals surface area contributed by atoms with Gasteiger partial charge in [0.05, 0.1) is 34.2 Å². The summed E-state index contributed by atoms with van der Waals surface area (Å²) < 4.78 is 118. The van der Waals surface area contributed by atoms with E-state index in [0.717, 1.165) is 22.8 Å². The smallest absolute Gasteiger partial charge is 0.255 e. The minimum atomic E-state index is -10.7. The molecule has 378 valence electrons. The SMILES string of the molecule is CC#N.ClCCl.F[P-](F)(F)(F)(F)F.F[P-](F)(F)(F)(F)F.[Ru+2].c1ccc(-c2cccc(-c3ccccn3)n2)nc1.c1ccc([PH+](c2ccccc2)c2ccccc2[PH+](c2ccccc2)c2ccccc2)cc1. The van der Waals surface area contributed by atoms with E-state index in [4.69, 9.17) is 28.5 Å². The summed E-state index contributed by atoms with van der Waals surface area (Å²) in [5, 5.41) is 16.2. The van der Waals surface area contributed by atoms with Crippen molar-refractivity contribution in [1.82, 2.24) is 15.0 Å². The Morgan fingerprint density at radius 3 is 0.831 bits per heavy atom. The second kappa shape index (κ2) is 26.2. The Hall–Kier alpha value is -4.88. The van der Waals surface area contributed by atoms with Crippen LogP contribution in [0.2, 0.25) is 0 Å². The average molecular weight is 1200 g/mol. The molecule has 0 atom stereocenters. The standard InChI is InChI=1S/C30H24P2.C15H11N3.C2H3N.CH2Cl2.2F6P.Ru/c1-5-15-25(16-6-1)31(26-17-7-2-8-18-26)29-23-13-14-24-30(29)32(27-19-9-3-10-20-27)28-21-11-4-12-22-28;1-3-10-16-12(6-1)14-8-5-9-15(18-14)13-7-2-4-11-17-13;1-2-3;2-1-3;2*1-7(2,3,4,5)6;/h1-24H;1-11H;1H3;1H2;;;/q;;;;2*-1;+2/p+2. The minimum absolute atomic E-state index is 0. The molecule has 0 aliphatic rings. The fourth-order valence-corrected chi connectivity index (χ4v) is 12.0. The van der Waals surface area contributed by atoms with Gasteiger partial charge in [0.2, 0.25) is 0 Å². The van der Waals surface area contributed by atoms with Crippen molar-refractivity contribution in [3.8, 4) is 28.8 Å². The first-order valence-corrected chi connectivity index (χ1v) is 28.1. The number of nitriles is 1. The summed E-state index contributed by atoms with van der Waals surface area (Å²) in [6, 6.07) is 72.7. The molecule has 0 saturated heterocycles. The van der Waals surface area contributed by atoms with Gasteiger partial charge in [0.1, 0.15) is 47.7 Å². The van der Waals surface area contributed by atoms with Gasteiger partial charge in [-0.2, -0.15) is 5.26 Å². The Morgan fingerprint density at radius 2 is 0.606 bits per heavy atom. The maximum absolute atomic E-state index is 10.7. The number of rotatable bonds is 8. The Labute approximate surface area is 427 Å². The summed E-state index contributed by atoms with van der Waals surface area (Å²) in [5.74, 6) is 0. The van der Waals surface area contributed by atoms with Crippen LogP contribution in [0.1, 0.15) is 6.92 Å². The Morgan fingerprint density at radius 1 is 0.394 bits per heavy atom. The van der Waals surface area contributed by atoms with Crippen molar-refractivity contribution in [3.63, 3.8) is 0 Å². The van der Waals surface area contributed by atoms with Crippen molar-refractivity contribution in [1.29, 1.82) is 5.26 Å². The number of hydrogen-bond donors (Lipinski definition) is 0. The van der Waals surface area contributed by atoms with Crippen molar-refractivity contribution in [2.75, 3.05) is 5.34 Å². The number of nitrogens with zero attached hydrogens (tertiary/aromatic N) is 4. The van der Waals surface area contributed by atoms with E-state index in [9.17, 15) is 50.4 Å². The maximum atomic E-state index is 9.87. The van der Waals surface area contributed by atoms with Crippen LogP contribution in [-0.4, -0.2) is 20.3 Å². The summed E-state index contributed by atoms with van der Waals surface area (Å²) in [7, 11) is -23.6. The quantitative estimate of drug-likeness (QED) is 0.0658. The first kappa shape index (κ1) is 62.2. The zero-order valence-electron chi connectivity index (χ0n) is 36.7. The molecule has 4 nitrogen and oxygen atoms in total. The van der Waals surface area contributed by atoms with Gasteiger partial charge in [-0.1, -0.05) is 103 Å². The van der Waals surface area contributed by atoms with Gasteiger partial charge in [-0.05, 0) is 97.1 Å². The van der Waals surface area contributed by atoms with Crippen LogP contribution in [0.25, 0.3) is 22.8 Å². The van der Waals surface area contributed by atoms with E-state index in [0.29, 0.717) is 0 Å². The van der Waals surface area contributed by atoms with Gasteiger partial charge in [0, 0.05) is 19.3 Å². The first-order chi connectivity index (χ1) is 32.6. The molecule has 0 aliphatic carbocycles. The molecule has 0 amide bonds. The molecule has 71 heavy (non-hydrogen) atoms. The van der Waals surface area contributed by atoms with Crippen molar-refractivity contribution in [2.45, 2.75) is 6.92 Å². The third-order valence-corrected chi connectivity index (χ3v) is 14.2. The fourth-order valence-electron chi connectivity index (χ4n) is 6.04. The van der Waals surface area contributed by atoms with Gasteiger partial charge >= 0.3 is 85.5 Å². The van der Waals surface area contributed by atoms with Crippen LogP contribution in [0.15, 0.2) is 213 Å². The van der Waals surface area contributed by atoms with E-state index in [1.165, 1.54) is 38.8 Å². The molecule has 0 bridgehead atoms. The summed E-state index contributed by atoms with van der Waals surface area (Å²) >= 11 is 9.53. The molecule has 5 aromatic carbocycles. The second-order valence-corrected chi connectivity index (χ2v) is 23.4. The van der Waals surface area contributed by atoms with Crippen molar-refractivity contribution in [3.05, 3.63) is 213 Å². The first-order valence-electron chi connectivity index (χ1n) is 20.0. The van der Waals surface area contributed by atoms with Gasteiger partial charge in [0.15, 0.2) is 0 Å². The summed E-state index contributed by atoms with van der Waals surface area (Å²) in [6.45, 7) is 1.43. The van der Waals surface area contributed by atoms with Crippen LogP contribution in [0.5, 0.6) is 0 Å². The third-order valence-electron chi connectivity index (χ3n) is 8.32. The Bertz CT molecular complexity index is 2550. The van der Waals surface area contributed by atoms with E-state index in [1.54, 1.807) is 18.5 Å². The summed E-state index contributed by atoms with van der Waals surface area (Å²) in [6.07, 6.45) is 3.54. The second-order valence-electron chi connectivity index (χ2n) is 13.8. The number of hydrogen-bond acceptors (Lipinski definition) is 4. The molecule has 3 aromatic heterocycles. The Kier molecular flexibility index (Phi) is 23.0. The van der Waals surface area contributed by atoms with E-state index < -0.39 is 31.5 Å². The van der Waals surface area contributed by atoms with Gasteiger partial charge < -0.3 is 0 Å². The van der Waals surface area contributed by atoms with Crippen LogP contribution in [-0.2, 0) is 19.5 Å². The molecule has 3 heterocycles. The van der Waals surface area contributed by atoms with Crippen LogP contribution >= 0.6 is 54.7 Å². The number of halogens is 14. The summed E-state index contributed by atoms with van der Waals surface area (Å²) in [4.78, 5) is 13.2. The molecule has 23 heteroatoms. The maximum Gasteiger partial charge on any atom is 2.00 e. The number of pyridine rings is 3. The predicted molar refractivity (Wildman–Crippen MR) is 272 cm³/mol. The molecule has 8 aromatic rings. The zero-order chi connectivity index (χ0) is 52.0. The van der Waals surface area contributed by atoms with Crippen LogP contribution in [0.3, 0.4) is 0 Å². The summed E-state index contributed by atoms with van der Waals surface area (Å²) in [5.41, 5.74) is 3.46. The molecular weight excluding hydrogens is 1160 g/mol. The largest absolute Gasteiger partial charge is 2.00 e. The number of benzene rings is 5. The molecular formula is C48H42Cl2F12N4P4Ru+2. The van der Waals surface area contributed by atoms with Crippen LogP contribution in [0, 0.1) is 11.3 Å². The third kappa shape index (κ3) is 28.1. The average Bonchev–Trinajstić information content (AvgIpc) is 3.31. The van der Waals surface area contributed by atoms with Gasteiger partial charge in [-0.15, -0.1) is 23.2 Å². The van der Waals surface area contributed by atoms with Crippen molar-refractivity contribution in [2.24, 2.45) is 0 Å². The number of aromatic nitrogens is 3. The fraction of sp³-hybridized carbons (Fsp3) is 0.0417. The minimum Gasteiger partial charge on any atom is -0.255 e. The topological polar surface area (TPSA) is 62.5 Å². The van der Waals surface area contributed by atoms with E-state index >= 15 is 0 Å². The van der Waals surface area contributed by atoms with E-state index in [1.807, 2.05) is 54.6 Å². The van der Waals surface area contributed by atoms with Gasteiger partial charge in [-0.3, -0.25) is 9.97 Å². The predicted octanol–water partition coefficient (Wildman–Crippen LogP) is 16.6. The van der Waals surface area contributed by atoms with Crippen LogP contribution < -0.4 is 31.8 Å². The molecule has 0 N–H and O–H groups in total. The normalized spacial score (nSPS) is 12.5. The molecule has 0 spiro atoms. The molecule has 0 saturated carbocycles. The molecule has 0 aliphatic heterocycles. The molecule has 0 fully saturated rings. The van der Waals surface area contributed by atoms with E-state index in [2.05, 4.69) is 161 Å². The van der Waals surface area contributed by atoms with Crippen LogP contribution in [0.4, 0.5) is 50.4 Å².